The Bertz CT molecular complexity index is 474. The fraction of sp³-hybridized carbons (Fsp3) is 0.647. The molecule has 2 atom stereocenters. The molecule has 2 aliphatic rings. The first-order valence-corrected chi connectivity index (χ1v) is 7.81. The zero-order valence-electron chi connectivity index (χ0n) is 12.3. The van der Waals surface area contributed by atoms with Crippen molar-refractivity contribution in [3.8, 4) is 5.75 Å². The number of rotatable bonds is 4. The molecule has 110 valence electrons. The third-order valence-electron chi connectivity index (χ3n) is 4.89. The van der Waals surface area contributed by atoms with Gasteiger partial charge in [-0.05, 0) is 30.0 Å². The van der Waals surface area contributed by atoms with Crippen molar-refractivity contribution in [2.24, 2.45) is 5.41 Å². The lowest BCUT2D eigenvalue weighted by Crippen LogP contribution is -2.43. The van der Waals surface area contributed by atoms with Crippen molar-refractivity contribution >= 4 is 0 Å². The van der Waals surface area contributed by atoms with Gasteiger partial charge in [-0.15, -0.1) is 0 Å². The van der Waals surface area contributed by atoms with Crippen molar-refractivity contribution in [1.29, 1.82) is 0 Å². The lowest BCUT2D eigenvalue weighted by molar-refractivity contribution is 0.00115. The summed E-state index contributed by atoms with van der Waals surface area (Å²) in [6.45, 7) is 4.79. The second-order valence-electron chi connectivity index (χ2n) is 6.56. The molecule has 1 aromatic rings. The number of hydrogen-bond acceptors (Lipinski definition) is 3. The summed E-state index contributed by atoms with van der Waals surface area (Å²) in [5.41, 5.74) is 2.68. The minimum atomic E-state index is -0.155. The summed E-state index contributed by atoms with van der Waals surface area (Å²) < 4.78 is 5.53. The maximum Gasteiger partial charge on any atom is 0.122 e. The lowest BCUT2D eigenvalue weighted by Gasteiger charge is -2.38. The fourth-order valence-corrected chi connectivity index (χ4v) is 3.43. The molecule has 1 heterocycles. The van der Waals surface area contributed by atoms with Gasteiger partial charge in [0.15, 0.2) is 0 Å². The van der Waals surface area contributed by atoms with Crippen molar-refractivity contribution < 1.29 is 9.84 Å². The predicted molar refractivity (Wildman–Crippen MR) is 79.9 cm³/mol. The fourth-order valence-electron chi connectivity index (χ4n) is 3.43. The molecular formula is C17H25NO2. The second kappa shape index (κ2) is 5.74. The molecule has 1 fully saturated rings. The standard InChI is InChI=1S/C17H25NO2/c1-17(8-3-2-4-16(17)19)12-18-11-13-5-6-15-14(10-13)7-9-20-15/h5-6,10,16,18-19H,2-4,7-9,11-12H2,1H3. The number of ether oxygens (including phenoxy) is 1. The minimum Gasteiger partial charge on any atom is -0.493 e. The SMILES string of the molecule is CC1(CNCc2ccc3c(c2)CCO3)CCCCC1O. The molecule has 0 spiro atoms. The van der Waals surface area contributed by atoms with E-state index < -0.39 is 0 Å². The second-order valence-corrected chi connectivity index (χ2v) is 6.56. The van der Waals surface area contributed by atoms with E-state index in [0.29, 0.717) is 0 Å². The largest absolute Gasteiger partial charge is 0.493 e. The predicted octanol–water partition coefficient (Wildman–Crippen LogP) is 2.65. The van der Waals surface area contributed by atoms with E-state index in [4.69, 9.17) is 4.74 Å². The molecule has 3 nitrogen and oxygen atoms in total. The van der Waals surface area contributed by atoms with Gasteiger partial charge < -0.3 is 15.2 Å². The van der Waals surface area contributed by atoms with E-state index in [1.807, 2.05) is 0 Å². The van der Waals surface area contributed by atoms with Crippen LogP contribution in [0.25, 0.3) is 0 Å². The molecule has 1 aliphatic carbocycles. The van der Waals surface area contributed by atoms with Crippen LogP contribution in [0.4, 0.5) is 0 Å². The Labute approximate surface area is 121 Å². The van der Waals surface area contributed by atoms with E-state index >= 15 is 0 Å². The van der Waals surface area contributed by atoms with Crippen molar-refractivity contribution in [3.05, 3.63) is 29.3 Å². The van der Waals surface area contributed by atoms with E-state index in [1.54, 1.807) is 0 Å². The zero-order valence-corrected chi connectivity index (χ0v) is 12.3. The summed E-state index contributed by atoms with van der Waals surface area (Å²) in [5.74, 6) is 1.04. The van der Waals surface area contributed by atoms with Gasteiger partial charge in [0.25, 0.3) is 0 Å². The maximum atomic E-state index is 10.2. The molecule has 1 saturated carbocycles. The van der Waals surface area contributed by atoms with Crippen LogP contribution >= 0.6 is 0 Å². The van der Waals surface area contributed by atoms with Gasteiger partial charge in [-0.25, -0.2) is 0 Å². The van der Waals surface area contributed by atoms with Gasteiger partial charge in [0.05, 0.1) is 12.7 Å². The minimum absolute atomic E-state index is 0.0398. The molecule has 0 amide bonds. The van der Waals surface area contributed by atoms with Crippen LogP contribution in [0.5, 0.6) is 5.75 Å². The molecule has 20 heavy (non-hydrogen) atoms. The molecular weight excluding hydrogens is 250 g/mol. The van der Waals surface area contributed by atoms with Crippen LogP contribution in [-0.2, 0) is 13.0 Å². The topological polar surface area (TPSA) is 41.5 Å². The molecule has 3 heteroatoms. The van der Waals surface area contributed by atoms with Crippen LogP contribution in [0.1, 0.15) is 43.7 Å². The Kier molecular flexibility index (Phi) is 3.99. The first kappa shape index (κ1) is 13.9. The number of nitrogens with one attached hydrogen (secondary N) is 1. The monoisotopic (exact) mass is 275 g/mol. The quantitative estimate of drug-likeness (QED) is 0.887. The Morgan fingerprint density at radius 1 is 1.40 bits per heavy atom. The number of aliphatic hydroxyl groups excluding tert-OH is 1. The third kappa shape index (κ3) is 2.84. The molecule has 0 saturated heterocycles. The van der Waals surface area contributed by atoms with Crippen molar-refractivity contribution in [1.82, 2.24) is 5.32 Å². The van der Waals surface area contributed by atoms with E-state index in [-0.39, 0.29) is 11.5 Å². The molecule has 3 rings (SSSR count). The van der Waals surface area contributed by atoms with Crippen LogP contribution in [0.3, 0.4) is 0 Å². The van der Waals surface area contributed by atoms with E-state index in [2.05, 4.69) is 30.4 Å². The maximum absolute atomic E-state index is 10.2. The van der Waals surface area contributed by atoms with Crippen LogP contribution < -0.4 is 10.1 Å². The van der Waals surface area contributed by atoms with Crippen molar-refractivity contribution in [3.63, 3.8) is 0 Å². The van der Waals surface area contributed by atoms with Crippen LogP contribution in [0.2, 0.25) is 0 Å². The summed E-state index contributed by atoms with van der Waals surface area (Å²) in [5, 5.41) is 13.7. The number of benzene rings is 1. The van der Waals surface area contributed by atoms with Crippen molar-refractivity contribution in [2.45, 2.75) is 51.7 Å². The van der Waals surface area contributed by atoms with Crippen LogP contribution in [0, 0.1) is 5.41 Å². The molecule has 1 aliphatic heterocycles. The molecule has 2 N–H and O–H groups in total. The lowest BCUT2D eigenvalue weighted by atomic mass is 9.73. The third-order valence-corrected chi connectivity index (χ3v) is 4.89. The van der Waals surface area contributed by atoms with Gasteiger partial charge in [-0.3, -0.25) is 0 Å². The Morgan fingerprint density at radius 3 is 3.15 bits per heavy atom. The van der Waals surface area contributed by atoms with E-state index in [0.717, 1.165) is 44.7 Å². The summed E-state index contributed by atoms with van der Waals surface area (Å²) >= 11 is 0. The highest BCUT2D eigenvalue weighted by Gasteiger charge is 2.34. The smallest absolute Gasteiger partial charge is 0.122 e. The first-order valence-electron chi connectivity index (χ1n) is 7.81. The van der Waals surface area contributed by atoms with Crippen LogP contribution in [0.15, 0.2) is 18.2 Å². The zero-order chi connectivity index (χ0) is 14.0. The van der Waals surface area contributed by atoms with Crippen LogP contribution in [-0.4, -0.2) is 24.4 Å². The van der Waals surface area contributed by atoms with Gasteiger partial charge in [0.1, 0.15) is 5.75 Å². The van der Waals surface area contributed by atoms with E-state index in [9.17, 15) is 5.11 Å². The average molecular weight is 275 g/mol. The first-order chi connectivity index (χ1) is 9.67. The number of aliphatic hydroxyl groups is 1. The van der Waals surface area contributed by atoms with Gasteiger partial charge in [0.2, 0.25) is 0 Å². The van der Waals surface area contributed by atoms with Gasteiger partial charge >= 0.3 is 0 Å². The Hall–Kier alpha value is -1.06. The van der Waals surface area contributed by atoms with Crippen molar-refractivity contribution in [2.75, 3.05) is 13.2 Å². The number of fused-ring (bicyclic) bond motifs is 1. The average Bonchev–Trinajstić information content (AvgIpc) is 2.90. The number of hydrogen-bond donors (Lipinski definition) is 2. The normalized spacial score (nSPS) is 29.0. The Balaban J connectivity index is 1.54. The summed E-state index contributed by atoms with van der Waals surface area (Å²) in [6, 6.07) is 6.46. The summed E-state index contributed by atoms with van der Waals surface area (Å²) in [6.07, 6.45) is 5.36. The molecule has 2 unspecified atom stereocenters. The molecule has 0 bridgehead atoms. The highest BCUT2D eigenvalue weighted by Crippen LogP contribution is 2.35. The molecule has 1 aromatic carbocycles. The Morgan fingerprint density at radius 2 is 2.30 bits per heavy atom. The highest BCUT2D eigenvalue weighted by atomic mass is 16.5. The summed E-state index contributed by atoms with van der Waals surface area (Å²) in [4.78, 5) is 0. The highest BCUT2D eigenvalue weighted by molar-refractivity contribution is 5.39. The van der Waals surface area contributed by atoms with Gasteiger partial charge in [-0.1, -0.05) is 31.9 Å². The molecule has 0 radical (unpaired) electrons. The van der Waals surface area contributed by atoms with Gasteiger partial charge in [-0.2, -0.15) is 0 Å². The van der Waals surface area contributed by atoms with Gasteiger partial charge in [0, 0.05) is 24.9 Å². The van der Waals surface area contributed by atoms with E-state index in [1.165, 1.54) is 24.0 Å². The molecule has 0 aromatic heterocycles. The summed E-state index contributed by atoms with van der Waals surface area (Å²) in [7, 11) is 0.